The van der Waals surface area contributed by atoms with Gasteiger partial charge in [0.15, 0.2) is 0 Å². The van der Waals surface area contributed by atoms with Crippen molar-refractivity contribution < 1.29 is 16.8 Å². The molecule has 8 nitrogen and oxygen atoms in total. The molecule has 2 rings (SSSR count). The highest BCUT2D eigenvalue weighted by Gasteiger charge is 2.16. The zero-order valence-electron chi connectivity index (χ0n) is 13.6. The van der Waals surface area contributed by atoms with Crippen LogP contribution in [-0.4, -0.2) is 22.8 Å². The second kappa shape index (κ2) is 7.21. The van der Waals surface area contributed by atoms with E-state index in [2.05, 4.69) is 9.82 Å². The third-order valence-corrected chi connectivity index (χ3v) is 5.75. The molecular weight excluding hydrogens is 364 g/mol. The SMILES string of the molecule is Cc1ccc(S(=O)(=O)N=C(N)NNS(=O)(=O)c2ccc(C)cc2)cc1. The molecule has 0 aromatic heterocycles. The normalized spacial score (nSPS) is 12.8. The third-order valence-electron chi connectivity index (χ3n) is 3.18. The molecule has 0 saturated carbocycles. The van der Waals surface area contributed by atoms with Crippen molar-refractivity contribution in [3.63, 3.8) is 0 Å². The lowest BCUT2D eigenvalue weighted by Crippen LogP contribution is -2.45. The van der Waals surface area contributed by atoms with E-state index < -0.39 is 26.0 Å². The predicted octanol–water partition coefficient (Wildman–Crippen LogP) is 0.790. The third kappa shape index (κ3) is 5.02. The molecule has 0 bridgehead atoms. The van der Waals surface area contributed by atoms with E-state index in [-0.39, 0.29) is 9.79 Å². The maximum absolute atomic E-state index is 12.1. The molecule has 0 atom stereocenters. The van der Waals surface area contributed by atoms with Crippen molar-refractivity contribution in [2.45, 2.75) is 23.6 Å². The molecule has 0 amide bonds. The molecule has 0 heterocycles. The summed E-state index contributed by atoms with van der Waals surface area (Å²) in [5.41, 5.74) is 9.34. The molecule has 0 aliphatic heterocycles. The number of hydrogen-bond acceptors (Lipinski definition) is 4. The quantitative estimate of drug-likeness (QED) is 0.398. The molecule has 0 aliphatic carbocycles. The summed E-state index contributed by atoms with van der Waals surface area (Å²) in [4.78, 5) is 1.93. The van der Waals surface area contributed by atoms with E-state index in [1.165, 1.54) is 24.3 Å². The Morgan fingerprint density at radius 1 is 0.840 bits per heavy atom. The number of sulfonamides is 2. The number of rotatable bonds is 5. The molecule has 10 heteroatoms. The van der Waals surface area contributed by atoms with Crippen molar-refractivity contribution in [2.24, 2.45) is 10.1 Å². The minimum atomic E-state index is -4.05. The molecule has 0 spiro atoms. The minimum absolute atomic E-state index is 0.000193. The van der Waals surface area contributed by atoms with Gasteiger partial charge >= 0.3 is 0 Å². The zero-order valence-corrected chi connectivity index (χ0v) is 15.2. The fourth-order valence-corrected chi connectivity index (χ4v) is 3.55. The van der Waals surface area contributed by atoms with Gasteiger partial charge in [-0.3, -0.25) is 5.43 Å². The monoisotopic (exact) mass is 382 g/mol. The van der Waals surface area contributed by atoms with Gasteiger partial charge in [-0.15, -0.1) is 9.23 Å². The highest BCUT2D eigenvalue weighted by Crippen LogP contribution is 2.13. The van der Waals surface area contributed by atoms with Crippen LogP contribution in [0.5, 0.6) is 0 Å². The first kappa shape index (κ1) is 18.9. The Kier molecular flexibility index (Phi) is 5.45. The highest BCUT2D eigenvalue weighted by molar-refractivity contribution is 7.90. The lowest BCUT2D eigenvalue weighted by atomic mass is 10.2. The van der Waals surface area contributed by atoms with Gasteiger partial charge in [0.25, 0.3) is 20.0 Å². The predicted molar refractivity (Wildman–Crippen MR) is 94.6 cm³/mol. The fourth-order valence-electron chi connectivity index (χ4n) is 1.81. The first-order valence-corrected chi connectivity index (χ1v) is 10.0. The van der Waals surface area contributed by atoms with E-state index in [9.17, 15) is 16.8 Å². The van der Waals surface area contributed by atoms with Crippen LogP contribution in [0.2, 0.25) is 0 Å². The Bertz CT molecular complexity index is 981. The van der Waals surface area contributed by atoms with E-state index in [4.69, 9.17) is 5.73 Å². The van der Waals surface area contributed by atoms with E-state index in [1.807, 2.05) is 18.7 Å². The number of nitrogens with one attached hydrogen (secondary N) is 2. The molecular formula is C15H18N4O4S2. The molecule has 2 aromatic rings. The second-order valence-electron chi connectivity index (χ2n) is 5.31. The first-order chi connectivity index (χ1) is 11.6. The van der Waals surface area contributed by atoms with Gasteiger partial charge in [-0.25, -0.2) is 8.42 Å². The van der Waals surface area contributed by atoms with Gasteiger partial charge < -0.3 is 5.73 Å². The van der Waals surface area contributed by atoms with Crippen LogP contribution in [0.4, 0.5) is 0 Å². The molecule has 0 saturated heterocycles. The van der Waals surface area contributed by atoms with Crippen LogP contribution >= 0.6 is 0 Å². The van der Waals surface area contributed by atoms with Gasteiger partial charge in [0.2, 0.25) is 5.96 Å². The van der Waals surface area contributed by atoms with E-state index in [0.29, 0.717) is 0 Å². The van der Waals surface area contributed by atoms with Gasteiger partial charge in [-0.1, -0.05) is 35.4 Å². The van der Waals surface area contributed by atoms with Crippen LogP contribution in [0, 0.1) is 13.8 Å². The Labute approximate surface area is 146 Å². The van der Waals surface area contributed by atoms with Crippen LogP contribution in [-0.2, 0) is 20.0 Å². The fraction of sp³-hybridized carbons (Fsp3) is 0.133. The lowest BCUT2D eigenvalue weighted by molar-refractivity contribution is 0.576. The van der Waals surface area contributed by atoms with E-state index in [0.717, 1.165) is 11.1 Å². The van der Waals surface area contributed by atoms with Crippen LogP contribution < -0.4 is 16.0 Å². The van der Waals surface area contributed by atoms with E-state index >= 15 is 0 Å². The second-order valence-corrected chi connectivity index (χ2v) is 8.59. The Morgan fingerprint density at radius 2 is 1.28 bits per heavy atom. The van der Waals surface area contributed by atoms with E-state index in [1.54, 1.807) is 24.3 Å². The van der Waals surface area contributed by atoms with Gasteiger partial charge in [0.1, 0.15) is 0 Å². The number of nitrogens with two attached hydrogens (primary N) is 1. The molecule has 0 unspecified atom stereocenters. The van der Waals surface area contributed by atoms with Crippen molar-refractivity contribution in [2.75, 3.05) is 0 Å². The summed E-state index contributed by atoms with van der Waals surface area (Å²) in [6.45, 7) is 3.64. The standard InChI is InChI=1S/C15H18N4O4S2/c1-11-3-7-13(8-4-11)24(20,21)18-15(16)17-19-25(22,23)14-9-5-12(2)6-10-14/h3-10,19H,1-2H3,(H3,16,17,18). The largest absolute Gasteiger partial charge is 0.368 e. The van der Waals surface area contributed by atoms with Gasteiger partial charge in [0, 0.05) is 0 Å². The summed E-state index contributed by atoms with van der Waals surface area (Å²) in [5.74, 6) is -0.601. The lowest BCUT2D eigenvalue weighted by Gasteiger charge is -2.09. The zero-order chi connectivity index (χ0) is 18.7. The van der Waals surface area contributed by atoms with Crippen molar-refractivity contribution in [3.05, 3.63) is 59.7 Å². The van der Waals surface area contributed by atoms with Crippen LogP contribution in [0.25, 0.3) is 0 Å². The number of nitrogens with zero attached hydrogens (tertiary/aromatic N) is 1. The maximum atomic E-state index is 12.1. The van der Waals surface area contributed by atoms with Crippen molar-refractivity contribution in [1.29, 1.82) is 0 Å². The Hall–Kier alpha value is -2.43. The average molecular weight is 382 g/mol. The summed E-state index contributed by atoms with van der Waals surface area (Å²) in [7, 11) is -7.96. The van der Waals surface area contributed by atoms with Crippen LogP contribution in [0.15, 0.2) is 62.7 Å². The summed E-state index contributed by atoms with van der Waals surface area (Å²) in [6, 6.07) is 12.1. The van der Waals surface area contributed by atoms with Crippen LogP contribution in [0.1, 0.15) is 11.1 Å². The minimum Gasteiger partial charge on any atom is -0.368 e. The topological polar surface area (TPSA) is 131 Å². The van der Waals surface area contributed by atoms with Gasteiger partial charge in [-0.05, 0) is 38.1 Å². The molecule has 4 N–H and O–H groups in total. The number of guanidine groups is 1. The molecule has 25 heavy (non-hydrogen) atoms. The smallest absolute Gasteiger partial charge is 0.285 e. The number of hydrogen-bond donors (Lipinski definition) is 3. The van der Waals surface area contributed by atoms with Crippen LogP contribution in [0.3, 0.4) is 0 Å². The Morgan fingerprint density at radius 3 is 1.76 bits per heavy atom. The van der Waals surface area contributed by atoms with Crippen molar-refractivity contribution in [1.82, 2.24) is 10.3 Å². The average Bonchev–Trinajstić information content (AvgIpc) is 2.53. The molecule has 0 fully saturated rings. The molecule has 134 valence electrons. The first-order valence-electron chi connectivity index (χ1n) is 7.12. The summed E-state index contributed by atoms with van der Waals surface area (Å²) in [5, 5.41) is 0. The molecule has 0 radical (unpaired) electrons. The maximum Gasteiger partial charge on any atom is 0.285 e. The molecule has 0 aliphatic rings. The Balaban J connectivity index is 2.13. The van der Waals surface area contributed by atoms with Crippen molar-refractivity contribution in [3.8, 4) is 0 Å². The number of benzene rings is 2. The number of hydrazine groups is 1. The van der Waals surface area contributed by atoms with Gasteiger partial charge in [-0.2, -0.15) is 8.42 Å². The summed E-state index contributed by atoms with van der Waals surface area (Å²) >= 11 is 0. The van der Waals surface area contributed by atoms with Crippen molar-refractivity contribution >= 4 is 26.0 Å². The highest BCUT2D eigenvalue weighted by atomic mass is 32.2. The number of aryl methyl sites for hydroxylation is 2. The molecule has 2 aromatic carbocycles. The summed E-state index contributed by atoms with van der Waals surface area (Å²) in [6.07, 6.45) is 0. The van der Waals surface area contributed by atoms with Gasteiger partial charge in [0.05, 0.1) is 9.79 Å². The summed E-state index contributed by atoms with van der Waals surface area (Å²) < 4.78 is 51.7.